The van der Waals surface area contributed by atoms with Gasteiger partial charge in [-0.25, -0.2) is 14.0 Å². The number of nitrogen functional groups attached to an aromatic ring is 1. The zero-order chi connectivity index (χ0) is 20.0. The van der Waals surface area contributed by atoms with Crippen molar-refractivity contribution in [1.29, 1.82) is 5.26 Å². The highest BCUT2D eigenvalue weighted by molar-refractivity contribution is 9.10. The largest absolute Gasteiger partial charge is 0.462 e. The summed E-state index contributed by atoms with van der Waals surface area (Å²) in [6, 6.07) is 6.19. The van der Waals surface area contributed by atoms with E-state index in [9.17, 15) is 19.2 Å². The molecule has 0 radical (unpaired) electrons. The van der Waals surface area contributed by atoms with Crippen LogP contribution < -0.4 is 5.73 Å². The van der Waals surface area contributed by atoms with Crippen LogP contribution in [0.3, 0.4) is 0 Å². The molecule has 0 saturated carbocycles. The summed E-state index contributed by atoms with van der Waals surface area (Å²) in [5.41, 5.74) is 6.20. The molecule has 1 heterocycles. The third-order valence-corrected chi connectivity index (χ3v) is 4.86. The summed E-state index contributed by atoms with van der Waals surface area (Å²) in [7, 11) is 0. The summed E-state index contributed by atoms with van der Waals surface area (Å²) in [6.45, 7) is 1.46. The number of anilines is 1. The zero-order valence-electron chi connectivity index (χ0n) is 14.1. The molecule has 0 saturated heterocycles. The van der Waals surface area contributed by atoms with E-state index in [1.807, 2.05) is 6.07 Å². The number of esters is 2. The maximum Gasteiger partial charge on any atom is 0.348 e. The van der Waals surface area contributed by atoms with E-state index >= 15 is 0 Å². The molecule has 0 aliphatic heterocycles. The first kappa shape index (κ1) is 20.6. The van der Waals surface area contributed by atoms with E-state index in [0.717, 1.165) is 17.4 Å². The van der Waals surface area contributed by atoms with Crippen molar-refractivity contribution < 1.29 is 23.5 Å². The molecule has 2 aromatic rings. The zero-order valence-corrected chi connectivity index (χ0v) is 16.5. The number of nitrogens with zero attached hydrogens (tertiary/aromatic N) is 1. The standard InChI is InChI=1S/C18H14BrFN2O4S/c1-2-25-18(24)16-13(12(8-21)17(22)27-16)9-26-15(23)6-3-10-7-11(19)4-5-14(10)20/h3-7H,2,9,22H2,1H3/b6-3+. The summed E-state index contributed by atoms with van der Waals surface area (Å²) >= 11 is 4.11. The van der Waals surface area contributed by atoms with Gasteiger partial charge in [0.1, 0.15) is 28.4 Å². The Kier molecular flexibility index (Phi) is 7.10. The second-order valence-electron chi connectivity index (χ2n) is 5.09. The third kappa shape index (κ3) is 5.15. The Morgan fingerprint density at radius 1 is 1.41 bits per heavy atom. The van der Waals surface area contributed by atoms with Crippen LogP contribution >= 0.6 is 27.3 Å². The predicted molar refractivity (Wildman–Crippen MR) is 102 cm³/mol. The minimum Gasteiger partial charge on any atom is -0.462 e. The minimum atomic E-state index is -0.766. The molecule has 0 fully saturated rings. The van der Waals surface area contributed by atoms with Gasteiger partial charge >= 0.3 is 11.9 Å². The molecule has 6 nitrogen and oxygen atoms in total. The summed E-state index contributed by atoms with van der Waals surface area (Å²) < 4.78 is 24.3. The number of nitriles is 1. The Morgan fingerprint density at radius 3 is 2.81 bits per heavy atom. The molecule has 140 valence electrons. The van der Waals surface area contributed by atoms with E-state index in [0.29, 0.717) is 4.47 Å². The van der Waals surface area contributed by atoms with Crippen molar-refractivity contribution in [2.45, 2.75) is 13.5 Å². The lowest BCUT2D eigenvalue weighted by atomic mass is 10.1. The number of benzene rings is 1. The van der Waals surface area contributed by atoms with Crippen LogP contribution in [0.4, 0.5) is 9.39 Å². The van der Waals surface area contributed by atoms with Gasteiger partial charge in [-0.2, -0.15) is 5.26 Å². The Labute approximate surface area is 167 Å². The Hall–Kier alpha value is -2.70. The van der Waals surface area contributed by atoms with Crippen LogP contribution in [0.15, 0.2) is 28.7 Å². The molecule has 0 aliphatic rings. The van der Waals surface area contributed by atoms with Crippen LogP contribution in [0.2, 0.25) is 0 Å². The van der Waals surface area contributed by atoms with Gasteiger partial charge in [-0.15, -0.1) is 11.3 Å². The number of rotatable bonds is 6. The van der Waals surface area contributed by atoms with E-state index in [1.54, 1.807) is 6.92 Å². The average molecular weight is 453 g/mol. The van der Waals surface area contributed by atoms with Crippen molar-refractivity contribution in [3.63, 3.8) is 0 Å². The Balaban J connectivity index is 2.15. The number of carbonyl (C=O) groups is 2. The molecule has 0 amide bonds. The first-order chi connectivity index (χ1) is 12.9. The number of thiophene rings is 1. The van der Waals surface area contributed by atoms with Crippen molar-refractivity contribution in [3.05, 3.63) is 56.1 Å². The van der Waals surface area contributed by atoms with Crippen molar-refractivity contribution >= 4 is 50.3 Å². The smallest absolute Gasteiger partial charge is 0.348 e. The number of ether oxygens (including phenoxy) is 2. The maximum absolute atomic E-state index is 13.7. The molecule has 0 atom stereocenters. The lowest BCUT2D eigenvalue weighted by Crippen LogP contribution is -2.08. The van der Waals surface area contributed by atoms with Crippen molar-refractivity contribution in [3.8, 4) is 6.07 Å². The van der Waals surface area contributed by atoms with Gasteiger partial charge in [0, 0.05) is 21.7 Å². The van der Waals surface area contributed by atoms with Crippen LogP contribution in [-0.4, -0.2) is 18.5 Å². The van der Waals surface area contributed by atoms with Gasteiger partial charge in [-0.1, -0.05) is 15.9 Å². The molecular formula is C18H14BrFN2O4S. The van der Waals surface area contributed by atoms with Crippen molar-refractivity contribution in [1.82, 2.24) is 0 Å². The Bertz CT molecular complexity index is 950. The minimum absolute atomic E-state index is 0.0675. The molecule has 0 unspecified atom stereocenters. The van der Waals surface area contributed by atoms with E-state index in [2.05, 4.69) is 15.9 Å². The maximum atomic E-state index is 13.7. The summed E-state index contributed by atoms with van der Waals surface area (Å²) in [5.74, 6) is -1.91. The molecule has 1 aromatic heterocycles. The third-order valence-electron chi connectivity index (χ3n) is 3.32. The number of hydrogen-bond acceptors (Lipinski definition) is 7. The lowest BCUT2D eigenvalue weighted by molar-refractivity contribution is -0.138. The molecule has 1 aromatic carbocycles. The molecule has 2 N–H and O–H groups in total. The lowest BCUT2D eigenvalue weighted by Gasteiger charge is -2.05. The van der Waals surface area contributed by atoms with Gasteiger partial charge in [0.25, 0.3) is 0 Å². The van der Waals surface area contributed by atoms with E-state index in [1.165, 1.54) is 24.3 Å². The number of carbonyl (C=O) groups excluding carboxylic acids is 2. The van der Waals surface area contributed by atoms with Crippen molar-refractivity contribution in [2.24, 2.45) is 0 Å². The fourth-order valence-electron chi connectivity index (χ4n) is 2.10. The highest BCUT2D eigenvalue weighted by Gasteiger charge is 2.23. The molecule has 2 rings (SSSR count). The SMILES string of the molecule is CCOC(=O)c1sc(N)c(C#N)c1COC(=O)/C=C/c1cc(Br)ccc1F. The molecule has 0 spiro atoms. The van der Waals surface area contributed by atoms with Crippen LogP contribution in [0.25, 0.3) is 6.08 Å². The van der Waals surface area contributed by atoms with Gasteiger partial charge in [0.05, 0.1) is 12.2 Å². The quantitative estimate of drug-likeness (QED) is 0.523. The van der Waals surface area contributed by atoms with Gasteiger partial charge in [0.2, 0.25) is 0 Å². The number of halogens is 2. The average Bonchev–Trinajstić information content (AvgIpc) is 2.96. The van der Waals surface area contributed by atoms with Gasteiger partial charge in [-0.05, 0) is 31.2 Å². The fraction of sp³-hybridized carbons (Fsp3) is 0.167. The first-order valence-electron chi connectivity index (χ1n) is 7.65. The summed E-state index contributed by atoms with van der Waals surface area (Å²) in [6.07, 6.45) is 2.32. The summed E-state index contributed by atoms with van der Waals surface area (Å²) in [5, 5.41) is 9.36. The van der Waals surface area contributed by atoms with Crippen LogP contribution in [-0.2, 0) is 20.9 Å². The second kappa shape index (κ2) is 9.30. The highest BCUT2D eigenvalue weighted by atomic mass is 79.9. The molecule has 9 heteroatoms. The van der Waals surface area contributed by atoms with Gasteiger partial charge in [-0.3, -0.25) is 0 Å². The summed E-state index contributed by atoms with van der Waals surface area (Å²) in [4.78, 5) is 24.0. The Morgan fingerprint density at radius 2 is 2.15 bits per heavy atom. The van der Waals surface area contributed by atoms with Crippen LogP contribution in [0.5, 0.6) is 0 Å². The van der Waals surface area contributed by atoms with E-state index < -0.39 is 17.8 Å². The predicted octanol–water partition coefficient (Wildman–Crippen LogP) is 4.04. The highest BCUT2D eigenvalue weighted by Crippen LogP contribution is 2.31. The topological polar surface area (TPSA) is 102 Å². The molecule has 27 heavy (non-hydrogen) atoms. The van der Waals surface area contributed by atoms with Crippen LogP contribution in [0, 0.1) is 17.1 Å². The molecule has 0 aliphatic carbocycles. The number of hydrogen-bond donors (Lipinski definition) is 1. The molecular weight excluding hydrogens is 439 g/mol. The number of nitrogens with two attached hydrogens (primary N) is 1. The molecule has 0 bridgehead atoms. The monoisotopic (exact) mass is 452 g/mol. The van der Waals surface area contributed by atoms with Crippen LogP contribution in [0.1, 0.15) is 33.3 Å². The normalized spacial score (nSPS) is 10.6. The van der Waals surface area contributed by atoms with E-state index in [-0.39, 0.29) is 39.8 Å². The fourth-order valence-corrected chi connectivity index (χ4v) is 3.39. The second-order valence-corrected chi connectivity index (χ2v) is 7.06. The van der Waals surface area contributed by atoms with Crippen molar-refractivity contribution in [2.75, 3.05) is 12.3 Å². The van der Waals surface area contributed by atoms with Gasteiger partial charge < -0.3 is 15.2 Å². The first-order valence-corrected chi connectivity index (χ1v) is 9.26. The van der Waals surface area contributed by atoms with E-state index in [4.69, 9.17) is 15.2 Å². The van der Waals surface area contributed by atoms with Gasteiger partial charge in [0.15, 0.2) is 0 Å².